The van der Waals surface area contributed by atoms with Gasteiger partial charge in [-0.05, 0) is 0 Å². The molecular weight excluding hydrogens is 212 g/mol. The topological polar surface area (TPSA) is 43.1 Å². The van der Waals surface area contributed by atoms with E-state index in [1.165, 1.54) is 0 Å². The molecule has 0 saturated carbocycles. The van der Waals surface area contributed by atoms with Gasteiger partial charge in [-0.15, -0.1) is 0 Å². The van der Waals surface area contributed by atoms with Gasteiger partial charge in [-0.2, -0.15) is 5.10 Å². The predicted molar refractivity (Wildman–Crippen MR) is 68.2 cm³/mol. The summed E-state index contributed by atoms with van der Waals surface area (Å²) in [6, 6.07) is 0. The lowest BCUT2D eigenvalue weighted by Crippen LogP contribution is -2.16. The molecule has 0 aliphatic carbocycles. The Morgan fingerprint density at radius 1 is 0.941 bits per heavy atom. The van der Waals surface area contributed by atoms with Crippen molar-refractivity contribution in [2.45, 2.75) is 52.4 Å². The normalized spacial score (nSPS) is 13.3. The van der Waals surface area contributed by atoms with Gasteiger partial charge in [-0.1, -0.05) is 41.5 Å². The van der Waals surface area contributed by atoms with E-state index >= 15 is 0 Å². The summed E-state index contributed by atoms with van der Waals surface area (Å²) in [6.45, 7) is 12.8. The quantitative estimate of drug-likeness (QED) is 0.701. The number of rotatable bonds is 0. The highest BCUT2D eigenvalue weighted by atomic mass is 15.3. The minimum Gasteiger partial charge on any atom is -0.218 e. The maximum absolute atomic E-state index is 4.57. The zero-order valence-corrected chi connectivity index (χ0v) is 11.4. The van der Waals surface area contributed by atoms with Crippen LogP contribution in [0.3, 0.4) is 0 Å². The average molecular weight is 232 g/mol. The lowest BCUT2D eigenvalue weighted by molar-refractivity contribution is 0.548. The SMILES string of the molecule is CC(C)(C)c1cn2nc(C(C)(C)C)cnc2n1. The highest BCUT2D eigenvalue weighted by Crippen LogP contribution is 2.22. The Labute approximate surface area is 102 Å². The second-order valence-electron chi connectivity index (χ2n) is 6.51. The van der Waals surface area contributed by atoms with E-state index in [1.54, 1.807) is 4.52 Å². The van der Waals surface area contributed by atoms with Crippen LogP contribution >= 0.6 is 0 Å². The molecule has 92 valence electrons. The summed E-state index contributed by atoms with van der Waals surface area (Å²) in [5, 5.41) is 4.57. The van der Waals surface area contributed by atoms with Gasteiger partial charge in [-0.3, -0.25) is 0 Å². The van der Waals surface area contributed by atoms with E-state index in [0.717, 1.165) is 11.4 Å². The summed E-state index contributed by atoms with van der Waals surface area (Å²) in [6.07, 6.45) is 3.78. The van der Waals surface area contributed by atoms with Crippen molar-refractivity contribution in [2.24, 2.45) is 0 Å². The highest BCUT2D eigenvalue weighted by molar-refractivity contribution is 5.31. The van der Waals surface area contributed by atoms with Crippen LogP contribution in [0.15, 0.2) is 12.4 Å². The maximum Gasteiger partial charge on any atom is 0.250 e. The van der Waals surface area contributed by atoms with E-state index in [9.17, 15) is 0 Å². The van der Waals surface area contributed by atoms with Gasteiger partial charge in [0.25, 0.3) is 5.78 Å². The molecule has 0 N–H and O–H groups in total. The van der Waals surface area contributed by atoms with E-state index in [1.807, 2.05) is 12.4 Å². The van der Waals surface area contributed by atoms with Gasteiger partial charge in [0, 0.05) is 10.8 Å². The third kappa shape index (κ3) is 2.30. The first-order chi connectivity index (χ1) is 7.68. The van der Waals surface area contributed by atoms with Crippen molar-refractivity contribution < 1.29 is 0 Å². The van der Waals surface area contributed by atoms with Crippen LogP contribution < -0.4 is 0 Å². The molecule has 4 heteroatoms. The molecule has 0 fully saturated rings. The Kier molecular flexibility index (Phi) is 2.49. The summed E-state index contributed by atoms with van der Waals surface area (Å²) in [7, 11) is 0. The summed E-state index contributed by atoms with van der Waals surface area (Å²) in [5.74, 6) is 0.669. The summed E-state index contributed by atoms with van der Waals surface area (Å²) >= 11 is 0. The Hall–Kier alpha value is -1.45. The van der Waals surface area contributed by atoms with Crippen molar-refractivity contribution in [3.8, 4) is 0 Å². The molecule has 0 spiro atoms. The summed E-state index contributed by atoms with van der Waals surface area (Å²) < 4.78 is 1.78. The Balaban J connectivity index is 2.56. The van der Waals surface area contributed by atoms with Crippen LogP contribution in [0.4, 0.5) is 0 Å². The van der Waals surface area contributed by atoms with Crippen LogP contribution in [-0.2, 0) is 10.8 Å². The third-order valence-corrected chi connectivity index (χ3v) is 2.72. The monoisotopic (exact) mass is 232 g/mol. The lowest BCUT2D eigenvalue weighted by atomic mass is 9.93. The number of hydrogen-bond acceptors (Lipinski definition) is 3. The van der Waals surface area contributed by atoms with Crippen LogP contribution in [-0.4, -0.2) is 19.6 Å². The molecule has 0 aliphatic rings. The number of nitrogens with zero attached hydrogens (tertiary/aromatic N) is 4. The van der Waals surface area contributed by atoms with Crippen LogP contribution in [0.25, 0.3) is 5.78 Å². The smallest absolute Gasteiger partial charge is 0.218 e. The van der Waals surface area contributed by atoms with Crippen molar-refractivity contribution >= 4 is 5.78 Å². The number of imidazole rings is 1. The second-order valence-corrected chi connectivity index (χ2v) is 6.51. The molecule has 2 heterocycles. The van der Waals surface area contributed by atoms with E-state index < -0.39 is 0 Å². The Morgan fingerprint density at radius 2 is 1.53 bits per heavy atom. The van der Waals surface area contributed by atoms with Gasteiger partial charge in [-0.25, -0.2) is 14.5 Å². The van der Waals surface area contributed by atoms with E-state index in [0.29, 0.717) is 5.78 Å². The lowest BCUT2D eigenvalue weighted by Gasteiger charge is -2.16. The molecule has 2 rings (SSSR count). The first kappa shape index (κ1) is 12.0. The molecule has 4 nitrogen and oxygen atoms in total. The highest BCUT2D eigenvalue weighted by Gasteiger charge is 2.20. The molecule has 0 aromatic carbocycles. The van der Waals surface area contributed by atoms with E-state index in [4.69, 9.17) is 0 Å². The minimum absolute atomic E-state index is 0.00730. The minimum atomic E-state index is 0.00730. The van der Waals surface area contributed by atoms with Crippen molar-refractivity contribution in [3.63, 3.8) is 0 Å². The molecular formula is C13H20N4. The first-order valence-corrected chi connectivity index (χ1v) is 5.91. The van der Waals surface area contributed by atoms with E-state index in [-0.39, 0.29) is 10.8 Å². The van der Waals surface area contributed by atoms with Gasteiger partial charge in [0.1, 0.15) is 0 Å². The molecule has 0 saturated heterocycles. The maximum atomic E-state index is 4.57. The number of hydrogen-bond donors (Lipinski definition) is 0. The standard InChI is InChI=1S/C13H20N4/c1-12(2,3)9-7-14-11-15-10(13(4,5)6)8-17(11)16-9/h7-8H,1-6H3. The van der Waals surface area contributed by atoms with Crippen LogP contribution in [0, 0.1) is 0 Å². The van der Waals surface area contributed by atoms with Crippen molar-refractivity contribution in [3.05, 3.63) is 23.8 Å². The first-order valence-electron chi connectivity index (χ1n) is 5.91. The van der Waals surface area contributed by atoms with Crippen molar-refractivity contribution in [1.29, 1.82) is 0 Å². The number of aromatic nitrogens is 4. The Bertz CT molecular complexity index is 529. The van der Waals surface area contributed by atoms with Crippen LogP contribution in [0.1, 0.15) is 52.9 Å². The predicted octanol–water partition coefficient (Wildman–Crippen LogP) is 2.72. The van der Waals surface area contributed by atoms with Gasteiger partial charge < -0.3 is 0 Å². The van der Waals surface area contributed by atoms with Gasteiger partial charge in [0.2, 0.25) is 0 Å². The molecule has 0 atom stereocenters. The van der Waals surface area contributed by atoms with Crippen molar-refractivity contribution in [1.82, 2.24) is 19.6 Å². The largest absolute Gasteiger partial charge is 0.250 e. The fraction of sp³-hybridized carbons (Fsp3) is 0.615. The van der Waals surface area contributed by atoms with Crippen LogP contribution in [0.5, 0.6) is 0 Å². The fourth-order valence-electron chi connectivity index (χ4n) is 1.49. The molecule has 0 aliphatic heterocycles. The second kappa shape index (κ2) is 3.52. The molecule has 2 aromatic heterocycles. The fourth-order valence-corrected chi connectivity index (χ4v) is 1.49. The molecule has 0 amide bonds. The zero-order valence-electron chi connectivity index (χ0n) is 11.4. The zero-order chi connectivity index (χ0) is 12.8. The number of fused-ring (bicyclic) bond motifs is 1. The van der Waals surface area contributed by atoms with Gasteiger partial charge in [0.05, 0.1) is 23.8 Å². The van der Waals surface area contributed by atoms with Gasteiger partial charge >= 0.3 is 0 Å². The molecule has 0 unspecified atom stereocenters. The summed E-state index contributed by atoms with van der Waals surface area (Å²) in [4.78, 5) is 8.87. The van der Waals surface area contributed by atoms with Crippen molar-refractivity contribution in [2.75, 3.05) is 0 Å². The molecule has 17 heavy (non-hydrogen) atoms. The van der Waals surface area contributed by atoms with Gasteiger partial charge in [0.15, 0.2) is 0 Å². The molecule has 0 radical (unpaired) electrons. The van der Waals surface area contributed by atoms with Crippen LogP contribution in [0.2, 0.25) is 0 Å². The molecule has 2 aromatic rings. The third-order valence-electron chi connectivity index (χ3n) is 2.72. The average Bonchev–Trinajstić information content (AvgIpc) is 2.57. The Morgan fingerprint density at radius 3 is 2.06 bits per heavy atom. The summed E-state index contributed by atoms with van der Waals surface area (Å²) in [5.41, 5.74) is 2.02. The molecule has 0 bridgehead atoms. The van der Waals surface area contributed by atoms with E-state index in [2.05, 4.69) is 56.6 Å².